The number of nitrogens with one attached hydrogen (secondary N) is 1. The molecule has 3 aromatic carbocycles. The molecule has 0 spiro atoms. The Morgan fingerprint density at radius 3 is 2.47 bits per heavy atom. The van der Waals surface area contributed by atoms with Gasteiger partial charge in [0, 0.05) is 22.8 Å². The van der Waals surface area contributed by atoms with Crippen molar-refractivity contribution >= 4 is 28.4 Å². The Balaban J connectivity index is 1.18. The predicted octanol–water partition coefficient (Wildman–Crippen LogP) is 5.56. The minimum absolute atomic E-state index is 0.144. The molecule has 2 heterocycles. The SMILES string of the molecule is N#Cc1ccc(-c2cn3c(CC(=O)N/N=C/c4ccc(Oc5ccc(F)cc5)cc4)csc3n2)cc1. The Hall–Kier alpha value is -4.81. The lowest BCUT2D eigenvalue weighted by Gasteiger charge is -2.05. The average Bonchev–Trinajstić information content (AvgIpc) is 3.48. The van der Waals surface area contributed by atoms with Gasteiger partial charge in [-0.1, -0.05) is 12.1 Å². The van der Waals surface area contributed by atoms with Gasteiger partial charge < -0.3 is 4.74 Å². The standard InChI is InChI=1S/C27H18FN5O2S/c28-21-7-11-24(12-8-21)35-23-9-3-19(4-10-23)15-30-32-26(34)13-22-17-36-27-31-25(16-33(22)27)20-5-1-18(14-29)2-6-20/h1-12,15-17H,13H2,(H,32,34)/b30-15+. The molecule has 0 unspecified atom stereocenters. The van der Waals surface area contributed by atoms with Gasteiger partial charge in [0.2, 0.25) is 5.91 Å². The number of halogens is 1. The third-order valence-electron chi connectivity index (χ3n) is 5.27. The number of thiazole rings is 1. The first kappa shape index (κ1) is 23.0. The van der Waals surface area contributed by atoms with Crippen LogP contribution >= 0.6 is 11.3 Å². The van der Waals surface area contributed by atoms with Crippen LogP contribution in [0.25, 0.3) is 16.2 Å². The van der Waals surface area contributed by atoms with E-state index in [4.69, 9.17) is 10.00 Å². The molecule has 36 heavy (non-hydrogen) atoms. The van der Waals surface area contributed by atoms with Crippen LogP contribution in [0.4, 0.5) is 4.39 Å². The van der Waals surface area contributed by atoms with Gasteiger partial charge in [0.1, 0.15) is 17.3 Å². The van der Waals surface area contributed by atoms with Gasteiger partial charge in [0.15, 0.2) is 4.96 Å². The van der Waals surface area contributed by atoms with Crippen molar-refractivity contribution in [2.75, 3.05) is 0 Å². The Kier molecular flexibility index (Phi) is 6.51. The highest BCUT2D eigenvalue weighted by atomic mass is 32.1. The fraction of sp³-hybridized carbons (Fsp3) is 0.0370. The third kappa shape index (κ3) is 5.29. The molecule has 9 heteroatoms. The molecule has 7 nitrogen and oxygen atoms in total. The van der Waals surface area contributed by atoms with Crippen molar-refractivity contribution in [1.29, 1.82) is 5.26 Å². The van der Waals surface area contributed by atoms with Gasteiger partial charge >= 0.3 is 0 Å². The van der Waals surface area contributed by atoms with E-state index >= 15 is 0 Å². The molecule has 0 bridgehead atoms. The van der Waals surface area contributed by atoms with Crippen molar-refractivity contribution in [3.8, 4) is 28.8 Å². The summed E-state index contributed by atoms with van der Waals surface area (Å²) in [6.07, 6.45) is 3.57. The normalized spacial score (nSPS) is 11.0. The number of fused-ring (bicyclic) bond motifs is 1. The van der Waals surface area contributed by atoms with Crippen LogP contribution in [0, 0.1) is 17.1 Å². The van der Waals surface area contributed by atoms with E-state index in [1.807, 2.05) is 28.1 Å². The number of carbonyl (C=O) groups is 1. The monoisotopic (exact) mass is 495 g/mol. The van der Waals surface area contributed by atoms with E-state index in [1.54, 1.807) is 54.7 Å². The van der Waals surface area contributed by atoms with E-state index in [9.17, 15) is 9.18 Å². The van der Waals surface area contributed by atoms with Crippen molar-refractivity contribution in [1.82, 2.24) is 14.8 Å². The van der Waals surface area contributed by atoms with E-state index in [2.05, 4.69) is 21.6 Å². The molecule has 0 atom stereocenters. The van der Waals surface area contributed by atoms with Crippen LogP contribution in [0.1, 0.15) is 16.8 Å². The zero-order chi connectivity index (χ0) is 24.9. The van der Waals surface area contributed by atoms with Crippen LogP contribution in [-0.4, -0.2) is 21.5 Å². The number of hydrogen-bond acceptors (Lipinski definition) is 6. The van der Waals surface area contributed by atoms with Gasteiger partial charge in [0.25, 0.3) is 0 Å². The van der Waals surface area contributed by atoms with Gasteiger partial charge in [-0.3, -0.25) is 9.20 Å². The molecule has 0 aliphatic rings. The number of nitrogens with zero attached hydrogens (tertiary/aromatic N) is 4. The molecule has 0 fully saturated rings. The van der Waals surface area contributed by atoms with Crippen LogP contribution in [-0.2, 0) is 11.2 Å². The summed E-state index contributed by atoms with van der Waals surface area (Å²) >= 11 is 1.45. The summed E-state index contributed by atoms with van der Waals surface area (Å²) in [5, 5.41) is 14.9. The minimum atomic E-state index is -0.322. The second-order valence-corrected chi connectivity index (χ2v) is 8.63. The summed E-state index contributed by atoms with van der Waals surface area (Å²) in [5.74, 6) is 0.563. The summed E-state index contributed by atoms with van der Waals surface area (Å²) in [6.45, 7) is 0. The molecular formula is C27H18FN5O2S. The van der Waals surface area contributed by atoms with Gasteiger partial charge in [-0.15, -0.1) is 11.3 Å². The molecule has 1 N–H and O–H groups in total. The summed E-state index contributed by atoms with van der Waals surface area (Å²) < 4.78 is 20.6. The fourth-order valence-electron chi connectivity index (χ4n) is 3.45. The quantitative estimate of drug-likeness (QED) is 0.236. The van der Waals surface area contributed by atoms with Crippen molar-refractivity contribution in [3.05, 3.63) is 107 Å². The maximum Gasteiger partial charge on any atom is 0.246 e. The number of hydrazone groups is 1. The number of carbonyl (C=O) groups excluding carboxylic acids is 1. The van der Waals surface area contributed by atoms with Gasteiger partial charge in [0.05, 0.1) is 30.0 Å². The highest BCUT2D eigenvalue weighted by Crippen LogP contribution is 2.24. The summed E-state index contributed by atoms with van der Waals surface area (Å²) in [4.78, 5) is 17.8. The summed E-state index contributed by atoms with van der Waals surface area (Å²) in [6, 6.07) is 22.2. The first-order chi connectivity index (χ1) is 17.6. The number of nitriles is 1. The van der Waals surface area contributed by atoms with Crippen molar-refractivity contribution in [2.24, 2.45) is 5.10 Å². The van der Waals surface area contributed by atoms with E-state index in [0.29, 0.717) is 17.1 Å². The van der Waals surface area contributed by atoms with Crippen molar-refractivity contribution in [3.63, 3.8) is 0 Å². The molecule has 5 aromatic rings. The lowest BCUT2D eigenvalue weighted by molar-refractivity contribution is -0.120. The number of imidazole rings is 1. The van der Waals surface area contributed by atoms with Crippen LogP contribution in [0.3, 0.4) is 0 Å². The average molecular weight is 496 g/mol. The topological polar surface area (TPSA) is 91.8 Å². The Morgan fingerprint density at radius 1 is 1.08 bits per heavy atom. The van der Waals surface area contributed by atoms with E-state index < -0.39 is 0 Å². The van der Waals surface area contributed by atoms with Crippen LogP contribution in [0.5, 0.6) is 11.5 Å². The first-order valence-electron chi connectivity index (χ1n) is 10.9. The van der Waals surface area contributed by atoms with Crippen molar-refractivity contribution < 1.29 is 13.9 Å². The molecular weight excluding hydrogens is 477 g/mol. The molecule has 176 valence electrons. The van der Waals surface area contributed by atoms with E-state index in [-0.39, 0.29) is 18.1 Å². The van der Waals surface area contributed by atoms with E-state index in [0.717, 1.165) is 27.5 Å². The van der Waals surface area contributed by atoms with Crippen LogP contribution in [0.15, 0.2) is 89.5 Å². The molecule has 5 rings (SSSR count). The molecule has 2 aromatic heterocycles. The molecule has 0 saturated carbocycles. The number of hydrogen-bond donors (Lipinski definition) is 1. The van der Waals surface area contributed by atoms with Gasteiger partial charge in [-0.25, -0.2) is 14.8 Å². The zero-order valence-corrected chi connectivity index (χ0v) is 19.6. The fourth-order valence-corrected chi connectivity index (χ4v) is 4.33. The minimum Gasteiger partial charge on any atom is -0.457 e. The highest BCUT2D eigenvalue weighted by molar-refractivity contribution is 7.15. The molecule has 1 amide bonds. The number of benzene rings is 3. The van der Waals surface area contributed by atoms with Crippen LogP contribution < -0.4 is 10.2 Å². The third-order valence-corrected chi connectivity index (χ3v) is 6.16. The Labute approximate surface area is 209 Å². The largest absolute Gasteiger partial charge is 0.457 e. The first-order valence-corrected chi connectivity index (χ1v) is 11.8. The maximum absolute atomic E-state index is 13.0. The molecule has 0 aliphatic heterocycles. The Bertz CT molecular complexity index is 1580. The predicted molar refractivity (Wildman–Crippen MR) is 136 cm³/mol. The Morgan fingerprint density at radius 2 is 1.78 bits per heavy atom. The highest BCUT2D eigenvalue weighted by Gasteiger charge is 2.12. The second-order valence-electron chi connectivity index (χ2n) is 7.79. The van der Waals surface area contributed by atoms with Gasteiger partial charge in [-0.05, 0) is 66.2 Å². The van der Waals surface area contributed by atoms with E-state index in [1.165, 1.54) is 23.5 Å². The summed E-state index contributed by atoms with van der Waals surface area (Å²) in [5.41, 5.74) is 6.40. The van der Waals surface area contributed by atoms with Crippen LogP contribution in [0.2, 0.25) is 0 Å². The summed E-state index contributed by atoms with van der Waals surface area (Å²) in [7, 11) is 0. The van der Waals surface area contributed by atoms with Crippen molar-refractivity contribution in [2.45, 2.75) is 6.42 Å². The lowest BCUT2D eigenvalue weighted by Crippen LogP contribution is -2.20. The zero-order valence-electron chi connectivity index (χ0n) is 18.8. The molecule has 0 radical (unpaired) electrons. The lowest BCUT2D eigenvalue weighted by atomic mass is 10.1. The number of rotatable bonds is 7. The maximum atomic E-state index is 13.0. The number of aromatic nitrogens is 2. The number of amides is 1. The molecule has 0 saturated heterocycles. The smallest absolute Gasteiger partial charge is 0.246 e. The molecule has 0 aliphatic carbocycles. The second kappa shape index (κ2) is 10.2. The number of ether oxygens (including phenoxy) is 1. The van der Waals surface area contributed by atoms with Gasteiger partial charge in [-0.2, -0.15) is 10.4 Å².